The van der Waals surface area contributed by atoms with Gasteiger partial charge in [0.1, 0.15) is 5.75 Å². The summed E-state index contributed by atoms with van der Waals surface area (Å²) in [4.78, 5) is 23.0. The second-order valence-corrected chi connectivity index (χ2v) is 5.43. The minimum Gasteiger partial charge on any atom is -0.493 e. The van der Waals surface area contributed by atoms with E-state index in [1.54, 1.807) is 18.2 Å². The van der Waals surface area contributed by atoms with Crippen LogP contribution in [-0.4, -0.2) is 25.6 Å². The van der Waals surface area contributed by atoms with E-state index in [1.807, 2.05) is 0 Å². The first-order chi connectivity index (χ1) is 11.4. The molecule has 0 saturated heterocycles. The summed E-state index contributed by atoms with van der Waals surface area (Å²) in [6.07, 6.45) is 0. The summed E-state index contributed by atoms with van der Waals surface area (Å²) >= 11 is 11.9. The number of methoxy groups -OCH3 is 1. The Morgan fingerprint density at radius 3 is 2.54 bits per heavy atom. The highest BCUT2D eigenvalue weighted by Gasteiger charge is 2.18. The molecule has 2 N–H and O–H groups in total. The summed E-state index contributed by atoms with van der Waals surface area (Å²) in [5.74, 6) is -0.757. The van der Waals surface area contributed by atoms with E-state index in [1.165, 1.54) is 25.3 Å². The standard InChI is InChI=1S/C16H13Cl2NO5/c1-22-13-6-9(5-12(18)15(13)23-8-14(19)20)16(21)24-11-4-2-3-10(17)7-11/h2-7H,8H2,1H3,(H2,19,20). The van der Waals surface area contributed by atoms with Crippen LogP contribution >= 0.6 is 23.2 Å². The molecule has 2 rings (SSSR count). The Balaban J connectivity index is 2.25. The van der Waals surface area contributed by atoms with Gasteiger partial charge in [0.25, 0.3) is 5.91 Å². The predicted octanol–water partition coefficient (Wildman–Crippen LogP) is 3.09. The molecular weight excluding hydrogens is 357 g/mol. The van der Waals surface area contributed by atoms with Crippen molar-refractivity contribution in [3.05, 3.63) is 52.0 Å². The van der Waals surface area contributed by atoms with Crippen LogP contribution in [0.4, 0.5) is 0 Å². The SMILES string of the molecule is COc1cc(C(=O)Oc2cccc(Cl)c2)cc(Cl)c1OCC(N)=O. The summed E-state index contributed by atoms with van der Waals surface area (Å²) in [5, 5.41) is 0.514. The number of carbonyl (C=O) groups is 2. The largest absolute Gasteiger partial charge is 0.493 e. The van der Waals surface area contributed by atoms with Gasteiger partial charge in [0.2, 0.25) is 0 Å². The summed E-state index contributed by atoms with van der Waals surface area (Å²) in [6.45, 7) is -0.373. The smallest absolute Gasteiger partial charge is 0.343 e. The van der Waals surface area contributed by atoms with E-state index in [-0.39, 0.29) is 34.4 Å². The van der Waals surface area contributed by atoms with Gasteiger partial charge < -0.3 is 19.9 Å². The third-order valence-electron chi connectivity index (χ3n) is 2.83. The molecule has 0 bridgehead atoms. The third kappa shape index (κ3) is 4.53. The van der Waals surface area contributed by atoms with E-state index < -0.39 is 11.9 Å². The van der Waals surface area contributed by atoms with Crippen molar-refractivity contribution in [2.45, 2.75) is 0 Å². The van der Waals surface area contributed by atoms with Gasteiger partial charge in [-0.3, -0.25) is 4.79 Å². The normalized spacial score (nSPS) is 10.1. The van der Waals surface area contributed by atoms with Crippen molar-refractivity contribution in [3.8, 4) is 17.2 Å². The maximum absolute atomic E-state index is 12.2. The third-order valence-corrected chi connectivity index (χ3v) is 3.35. The number of hydrogen-bond donors (Lipinski definition) is 1. The molecule has 0 radical (unpaired) electrons. The Morgan fingerprint density at radius 1 is 1.17 bits per heavy atom. The first kappa shape index (κ1) is 17.9. The second kappa shape index (κ2) is 7.90. The molecule has 0 unspecified atom stereocenters. The Bertz CT molecular complexity index is 779. The van der Waals surface area contributed by atoms with Crippen LogP contribution in [0.2, 0.25) is 10.0 Å². The van der Waals surface area contributed by atoms with E-state index in [9.17, 15) is 9.59 Å². The minimum atomic E-state index is -0.669. The number of carbonyl (C=O) groups excluding carboxylic acids is 2. The molecule has 24 heavy (non-hydrogen) atoms. The summed E-state index contributed by atoms with van der Waals surface area (Å²) in [6, 6.07) is 9.13. The Morgan fingerprint density at radius 2 is 1.92 bits per heavy atom. The minimum absolute atomic E-state index is 0.0774. The predicted molar refractivity (Wildman–Crippen MR) is 89.1 cm³/mol. The zero-order chi connectivity index (χ0) is 17.7. The molecule has 6 nitrogen and oxygen atoms in total. The highest BCUT2D eigenvalue weighted by molar-refractivity contribution is 6.32. The van der Waals surface area contributed by atoms with Crippen LogP contribution < -0.4 is 19.9 Å². The van der Waals surface area contributed by atoms with Gasteiger partial charge in [-0.1, -0.05) is 29.3 Å². The van der Waals surface area contributed by atoms with E-state index in [4.69, 9.17) is 43.1 Å². The number of rotatable bonds is 6. The van der Waals surface area contributed by atoms with Crippen molar-refractivity contribution in [1.82, 2.24) is 0 Å². The van der Waals surface area contributed by atoms with Gasteiger partial charge >= 0.3 is 5.97 Å². The van der Waals surface area contributed by atoms with Gasteiger partial charge in [0.05, 0.1) is 17.7 Å². The molecule has 0 saturated carbocycles. The van der Waals surface area contributed by atoms with Gasteiger partial charge in [0.15, 0.2) is 18.1 Å². The van der Waals surface area contributed by atoms with Gasteiger partial charge in [0, 0.05) is 5.02 Å². The second-order valence-electron chi connectivity index (χ2n) is 4.59. The molecular formula is C16H13Cl2NO5. The van der Waals surface area contributed by atoms with Crippen LogP contribution in [0.15, 0.2) is 36.4 Å². The van der Waals surface area contributed by atoms with Crippen molar-refractivity contribution >= 4 is 35.1 Å². The van der Waals surface area contributed by atoms with Crippen LogP contribution in [-0.2, 0) is 4.79 Å². The molecule has 0 atom stereocenters. The van der Waals surface area contributed by atoms with E-state index in [0.717, 1.165) is 0 Å². The molecule has 0 heterocycles. The van der Waals surface area contributed by atoms with Crippen molar-refractivity contribution in [1.29, 1.82) is 0 Å². The lowest BCUT2D eigenvalue weighted by molar-refractivity contribution is -0.119. The van der Waals surface area contributed by atoms with Crippen molar-refractivity contribution < 1.29 is 23.8 Å². The van der Waals surface area contributed by atoms with Crippen LogP contribution in [0.1, 0.15) is 10.4 Å². The number of amides is 1. The fourth-order valence-electron chi connectivity index (χ4n) is 1.82. The number of primary amides is 1. The molecule has 0 aromatic heterocycles. The highest BCUT2D eigenvalue weighted by atomic mass is 35.5. The fraction of sp³-hybridized carbons (Fsp3) is 0.125. The average molecular weight is 370 g/mol. The van der Waals surface area contributed by atoms with Crippen molar-refractivity contribution in [2.24, 2.45) is 5.73 Å². The molecule has 0 fully saturated rings. The van der Waals surface area contributed by atoms with E-state index in [2.05, 4.69) is 0 Å². The zero-order valence-corrected chi connectivity index (χ0v) is 14.1. The number of esters is 1. The number of halogens is 2. The molecule has 0 aliphatic rings. The topological polar surface area (TPSA) is 87.8 Å². The summed E-state index contributed by atoms with van der Waals surface area (Å²) < 4.78 is 15.5. The van der Waals surface area contributed by atoms with E-state index >= 15 is 0 Å². The Labute approximate surface area is 148 Å². The summed E-state index contributed by atoms with van der Waals surface area (Å²) in [7, 11) is 1.37. The number of hydrogen-bond acceptors (Lipinski definition) is 5. The maximum Gasteiger partial charge on any atom is 0.343 e. The lowest BCUT2D eigenvalue weighted by Crippen LogP contribution is -2.20. The van der Waals surface area contributed by atoms with Crippen molar-refractivity contribution in [3.63, 3.8) is 0 Å². The average Bonchev–Trinajstić information content (AvgIpc) is 2.52. The Kier molecular flexibility index (Phi) is 5.89. The van der Waals surface area contributed by atoms with Crippen LogP contribution in [0, 0.1) is 0 Å². The van der Waals surface area contributed by atoms with Crippen LogP contribution in [0.5, 0.6) is 17.2 Å². The molecule has 1 amide bonds. The maximum atomic E-state index is 12.2. The molecule has 126 valence electrons. The lowest BCUT2D eigenvalue weighted by atomic mass is 10.2. The summed E-state index contributed by atoms with van der Waals surface area (Å²) in [5.41, 5.74) is 5.17. The van der Waals surface area contributed by atoms with E-state index in [0.29, 0.717) is 5.02 Å². The first-order valence-electron chi connectivity index (χ1n) is 6.67. The van der Waals surface area contributed by atoms with Gasteiger partial charge in [-0.05, 0) is 30.3 Å². The van der Waals surface area contributed by atoms with Crippen LogP contribution in [0.3, 0.4) is 0 Å². The molecule has 2 aromatic rings. The number of ether oxygens (including phenoxy) is 3. The highest BCUT2D eigenvalue weighted by Crippen LogP contribution is 2.36. The molecule has 0 aliphatic heterocycles. The quantitative estimate of drug-likeness (QED) is 0.624. The van der Waals surface area contributed by atoms with Crippen LogP contribution in [0.25, 0.3) is 0 Å². The lowest BCUT2D eigenvalue weighted by Gasteiger charge is -2.13. The van der Waals surface area contributed by atoms with Gasteiger partial charge in [-0.2, -0.15) is 0 Å². The molecule has 0 aliphatic carbocycles. The van der Waals surface area contributed by atoms with Gasteiger partial charge in [-0.15, -0.1) is 0 Å². The zero-order valence-electron chi connectivity index (χ0n) is 12.5. The fourth-order valence-corrected chi connectivity index (χ4v) is 2.26. The first-order valence-corrected chi connectivity index (χ1v) is 7.42. The molecule has 8 heteroatoms. The number of benzene rings is 2. The van der Waals surface area contributed by atoms with Gasteiger partial charge in [-0.25, -0.2) is 4.79 Å². The molecule has 2 aromatic carbocycles. The Hall–Kier alpha value is -2.44. The number of nitrogens with two attached hydrogens (primary N) is 1. The monoisotopic (exact) mass is 369 g/mol. The molecule has 0 spiro atoms. The van der Waals surface area contributed by atoms with Crippen molar-refractivity contribution in [2.75, 3.05) is 13.7 Å².